The molecule has 0 N–H and O–H groups in total. The Morgan fingerprint density at radius 3 is 2.56 bits per heavy atom. The van der Waals surface area contributed by atoms with Crippen LogP contribution in [0.1, 0.15) is 24.1 Å². The molecule has 3 aliphatic heterocycles. The van der Waals surface area contributed by atoms with Crippen LogP contribution in [-0.4, -0.2) is 65.7 Å². The highest BCUT2D eigenvalue weighted by Gasteiger charge is 2.44. The minimum Gasteiger partial charge on any atom is -0.353 e. The summed E-state index contributed by atoms with van der Waals surface area (Å²) in [5.74, 6) is 0.913. The lowest BCUT2D eigenvalue weighted by Gasteiger charge is -2.56. The van der Waals surface area contributed by atoms with E-state index in [1.807, 2.05) is 36.8 Å². The first-order valence-corrected chi connectivity index (χ1v) is 14.4. The second-order valence-electron chi connectivity index (χ2n) is 10.3. The van der Waals surface area contributed by atoms with Gasteiger partial charge in [0.15, 0.2) is 0 Å². The van der Waals surface area contributed by atoms with Crippen LogP contribution < -0.4 is 4.90 Å². The highest BCUT2D eigenvalue weighted by Crippen LogP contribution is 2.37. The molecule has 2 bridgehead atoms. The van der Waals surface area contributed by atoms with Gasteiger partial charge in [0.2, 0.25) is 0 Å². The number of nitriles is 1. The molecule has 5 aromatic rings. The fourth-order valence-corrected chi connectivity index (χ4v) is 6.35. The van der Waals surface area contributed by atoms with Crippen LogP contribution in [-0.2, 0) is 6.54 Å². The van der Waals surface area contributed by atoms with Crippen LogP contribution in [0.2, 0.25) is 0 Å². The van der Waals surface area contributed by atoms with Gasteiger partial charge in [0.25, 0.3) is 0 Å². The van der Waals surface area contributed by atoms with Crippen molar-refractivity contribution in [2.75, 3.05) is 24.2 Å². The first-order valence-electron chi connectivity index (χ1n) is 13.2. The summed E-state index contributed by atoms with van der Waals surface area (Å²) in [6.45, 7) is 0.0347. The van der Waals surface area contributed by atoms with E-state index < -0.39 is 6.55 Å². The summed E-state index contributed by atoms with van der Waals surface area (Å²) in [4.78, 5) is 14.1. The van der Waals surface area contributed by atoms with E-state index in [1.165, 1.54) is 30.6 Å². The van der Waals surface area contributed by atoms with Gasteiger partial charge in [0.05, 0.1) is 28.5 Å². The average molecular weight is 570 g/mol. The summed E-state index contributed by atoms with van der Waals surface area (Å²) < 4.78 is 28.5. The van der Waals surface area contributed by atoms with Crippen LogP contribution in [0.3, 0.4) is 0 Å². The van der Waals surface area contributed by atoms with Gasteiger partial charge in [-0.2, -0.15) is 24.2 Å². The van der Waals surface area contributed by atoms with Crippen molar-refractivity contribution in [3.8, 4) is 28.3 Å². The zero-order valence-electron chi connectivity index (χ0n) is 22.1. The van der Waals surface area contributed by atoms with Crippen LogP contribution in [0.4, 0.5) is 14.6 Å². The maximum atomic E-state index is 13.1. The third-order valence-electron chi connectivity index (χ3n) is 7.97. The van der Waals surface area contributed by atoms with Crippen molar-refractivity contribution in [2.24, 2.45) is 0 Å². The summed E-state index contributed by atoms with van der Waals surface area (Å²) in [6.07, 6.45) is 12.9. The van der Waals surface area contributed by atoms with E-state index in [4.69, 9.17) is 4.98 Å². The van der Waals surface area contributed by atoms with Gasteiger partial charge in [-0.1, -0.05) is 0 Å². The van der Waals surface area contributed by atoms with E-state index in [-0.39, 0.29) is 0 Å². The summed E-state index contributed by atoms with van der Waals surface area (Å²) in [5.41, 5.74) is 5.10. The molecule has 8 rings (SSSR count). The number of alkyl halides is 2. The number of piperazine rings is 1. The van der Waals surface area contributed by atoms with Crippen molar-refractivity contribution in [1.82, 2.24) is 34.3 Å². The van der Waals surface area contributed by atoms with Crippen LogP contribution in [0.5, 0.6) is 0 Å². The lowest BCUT2D eigenvalue weighted by molar-refractivity contribution is -0.00875. The minimum atomic E-state index is -2.73. The molecule has 206 valence electrons. The molecule has 5 aromatic heterocycles. The molecule has 12 heteroatoms. The zero-order valence-corrected chi connectivity index (χ0v) is 22.9. The molecular weight excluding hydrogens is 544 g/mol. The maximum Gasteiger partial charge on any atom is 0.333 e. The molecule has 3 saturated heterocycles. The van der Waals surface area contributed by atoms with Gasteiger partial charge in [-0.3, -0.25) is 4.90 Å². The molecule has 0 aliphatic carbocycles. The number of pyridine rings is 3. The van der Waals surface area contributed by atoms with E-state index in [2.05, 4.69) is 43.2 Å². The number of halogens is 2. The molecule has 3 fully saturated rings. The predicted molar refractivity (Wildman–Crippen MR) is 152 cm³/mol. The van der Waals surface area contributed by atoms with E-state index in [9.17, 15) is 14.0 Å². The van der Waals surface area contributed by atoms with E-state index in [0.717, 1.165) is 41.6 Å². The topological polar surface area (TPSA) is 91.2 Å². The number of thioether (sulfide) groups is 1. The van der Waals surface area contributed by atoms with Gasteiger partial charge in [-0.15, -0.1) is 11.8 Å². The Morgan fingerprint density at radius 2 is 1.85 bits per heavy atom. The van der Waals surface area contributed by atoms with Crippen molar-refractivity contribution in [3.63, 3.8) is 0 Å². The Labute approximate surface area is 239 Å². The van der Waals surface area contributed by atoms with Gasteiger partial charge >= 0.3 is 6.55 Å². The third kappa shape index (κ3) is 4.61. The summed E-state index contributed by atoms with van der Waals surface area (Å²) in [7, 11) is 0. The largest absolute Gasteiger partial charge is 0.353 e. The van der Waals surface area contributed by atoms with Gasteiger partial charge in [0.1, 0.15) is 11.9 Å². The van der Waals surface area contributed by atoms with E-state index in [1.54, 1.807) is 22.5 Å². The van der Waals surface area contributed by atoms with Crippen molar-refractivity contribution < 1.29 is 8.78 Å². The lowest BCUT2D eigenvalue weighted by Crippen LogP contribution is -2.68. The van der Waals surface area contributed by atoms with Crippen LogP contribution >= 0.6 is 11.8 Å². The molecule has 0 spiro atoms. The highest BCUT2D eigenvalue weighted by molar-refractivity contribution is 7.98. The average Bonchev–Trinajstić information content (AvgIpc) is 3.68. The smallest absolute Gasteiger partial charge is 0.333 e. The number of aromatic nitrogens is 6. The molecule has 9 nitrogen and oxygen atoms in total. The standard InChI is InChI=1S/C29H25F2N9S/c1-41-27-6-18(4-5-33-27)13-38-23-8-24(38)17-37(16-23)26-3-2-19(10-34-26)25-7-20(22-12-36-40(15-22)29(30)31)14-39-28(25)21(9-32)11-35-39/h2-7,10-12,14-15,23-24,29H,8,13,16-17H2,1H3. The Hall–Kier alpha value is -4.34. The van der Waals surface area contributed by atoms with E-state index in [0.29, 0.717) is 39.0 Å². The number of hydrogen-bond acceptors (Lipinski definition) is 8. The molecule has 0 radical (unpaired) electrons. The van der Waals surface area contributed by atoms with Crippen LogP contribution in [0, 0.1) is 11.3 Å². The van der Waals surface area contributed by atoms with E-state index >= 15 is 0 Å². The van der Waals surface area contributed by atoms with Gasteiger partial charge < -0.3 is 4.90 Å². The predicted octanol–water partition coefficient (Wildman–Crippen LogP) is 5.11. The molecule has 41 heavy (non-hydrogen) atoms. The number of rotatable bonds is 7. The second kappa shape index (κ2) is 10.2. The quantitative estimate of drug-likeness (QED) is 0.250. The Bertz CT molecular complexity index is 1760. The van der Waals surface area contributed by atoms with Gasteiger partial charge in [-0.05, 0) is 48.6 Å². The molecule has 0 saturated carbocycles. The molecule has 0 amide bonds. The van der Waals surface area contributed by atoms with Crippen molar-refractivity contribution >= 4 is 23.1 Å². The van der Waals surface area contributed by atoms with Crippen molar-refractivity contribution in [3.05, 3.63) is 78.6 Å². The molecule has 2 atom stereocenters. The van der Waals surface area contributed by atoms with Gasteiger partial charge in [-0.25, -0.2) is 19.2 Å². The van der Waals surface area contributed by atoms with Crippen LogP contribution in [0.25, 0.3) is 27.8 Å². The first kappa shape index (κ1) is 25.6. The first-order chi connectivity index (χ1) is 20.0. The monoisotopic (exact) mass is 569 g/mol. The van der Waals surface area contributed by atoms with Crippen LogP contribution in [0.15, 0.2) is 72.5 Å². The SMILES string of the molecule is CSc1cc(CN2C3CC2CN(c2ccc(-c4cc(-c5cnn(C(F)F)c5)cn5ncc(C#N)c45)cn2)C3)ccn1. The van der Waals surface area contributed by atoms with Crippen molar-refractivity contribution in [2.45, 2.75) is 36.6 Å². The molecule has 0 aromatic carbocycles. The normalized spacial score (nSPS) is 18.6. The second-order valence-corrected chi connectivity index (χ2v) is 11.2. The minimum absolute atomic E-state index is 0.425. The Morgan fingerprint density at radius 1 is 1.00 bits per heavy atom. The molecule has 2 unspecified atom stereocenters. The molecular formula is C29H25F2N9S. The zero-order chi connectivity index (χ0) is 28.1. The number of anilines is 1. The highest BCUT2D eigenvalue weighted by atomic mass is 32.2. The summed E-state index contributed by atoms with van der Waals surface area (Å²) >= 11 is 1.66. The third-order valence-corrected chi connectivity index (χ3v) is 8.61. The number of nitrogens with zero attached hydrogens (tertiary/aromatic N) is 9. The summed E-state index contributed by atoms with van der Waals surface area (Å²) in [6, 6.07) is 13.3. The number of fused-ring (bicyclic) bond motifs is 3. The Balaban J connectivity index is 1.13. The van der Waals surface area contributed by atoms with Crippen molar-refractivity contribution in [1.29, 1.82) is 5.26 Å². The fourth-order valence-electron chi connectivity index (χ4n) is 5.91. The number of hydrogen-bond donors (Lipinski definition) is 0. The molecule has 3 aliphatic rings. The number of piperidine rings is 1. The Kier molecular flexibility index (Phi) is 6.40. The summed E-state index contributed by atoms with van der Waals surface area (Å²) in [5, 5.41) is 18.8. The van der Waals surface area contributed by atoms with Gasteiger partial charge in [0, 0.05) is 78.8 Å². The fraction of sp³-hybridized carbons (Fsp3) is 0.276. The molecule has 8 heterocycles. The lowest BCUT2D eigenvalue weighted by atomic mass is 9.87. The maximum absolute atomic E-state index is 13.1.